The molecule has 7 heteroatoms. The Morgan fingerprint density at radius 3 is 2.85 bits per heavy atom. The highest BCUT2D eigenvalue weighted by Gasteiger charge is 2.29. The summed E-state index contributed by atoms with van der Waals surface area (Å²) in [5.74, 6) is 0.116. The van der Waals surface area contributed by atoms with E-state index in [1.807, 2.05) is 36.4 Å². The zero-order chi connectivity index (χ0) is 17.9. The van der Waals surface area contributed by atoms with Crippen molar-refractivity contribution < 1.29 is 9.90 Å². The van der Waals surface area contributed by atoms with Crippen LogP contribution in [0.2, 0.25) is 0 Å². The SMILES string of the molecule is O=C(Nc1cccc2cn[nH]c12)N1CCC([C@@H](O)c2ccccn2)CC1. The first-order valence-electron chi connectivity index (χ1n) is 8.79. The molecule has 0 unspecified atom stereocenters. The molecule has 0 radical (unpaired) electrons. The van der Waals surface area contributed by atoms with Crippen molar-refractivity contribution in [3.63, 3.8) is 0 Å². The average molecular weight is 351 g/mol. The number of aromatic amines is 1. The zero-order valence-corrected chi connectivity index (χ0v) is 14.3. The lowest BCUT2D eigenvalue weighted by Gasteiger charge is -2.34. The summed E-state index contributed by atoms with van der Waals surface area (Å²) in [5, 5.41) is 21.4. The van der Waals surface area contributed by atoms with Crippen LogP contribution in [0.3, 0.4) is 0 Å². The average Bonchev–Trinajstić information content (AvgIpc) is 3.18. The van der Waals surface area contributed by atoms with Gasteiger partial charge in [0.15, 0.2) is 0 Å². The lowest BCUT2D eigenvalue weighted by atomic mass is 9.89. The third kappa shape index (κ3) is 3.25. The summed E-state index contributed by atoms with van der Waals surface area (Å²) in [6.07, 6.45) is 4.34. The topological polar surface area (TPSA) is 94.1 Å². The van der Waals surface area contributed by atoms with Crippen LogP contribution in [0.5, 0.6) is 0 Å². The molecule has 1 aliphatic rings. The number of hydrogen-bond donors (Lipinski definition) is 3. The molecule has 26 heavy (non-hydrogen) atoms. The molecule has 1 fully saturated rings. The number of benzene rings is 1. The minimum absolute atomic E-state index is 0.116. The number of urea groups is 1. The summed E-state index contributed by atoms with van der Waals surface area (Å²) in [5.41, 5.74) is 2.24. The van der Waals surface area contributed by atoms with Gasteiger partial charge in [-0.3, -0.25) is 10.1 Å². The number of aliphatic hydroxyl groups excluding tert-OH is 1. The van der Waals surface area contributed by atoms with Crippen molar-refractivity contribution in [3.8, 4) is 0 Å². The quantitative estimate of drug-likeness (QED) is 0.676. The van der Waals surface area contributed by atoms with Crippen molar-refractivity contribution >= 4 is 22.6 Å². The molecule has 0 spiro atoms. The Bertz CT molecular complexity index is 887. The van der Waals surface area contributed by atoms with Crippen LogP contribution in [0.15, 0.2) is 48.8 Å². The number of aliphatic hydroxyl groups is 1. The molecule has 1 saturated heterocycles. The molecule has 1 aliphatic heterocycles. The summed E-state index contributed by atoms with van der Waals surface area (Å²) < 4.78 is 0. The zero-order valence-electron chi connectivity index (χ0n) is 14.3. The van der Waals surface area contributed by atoms with E-state index in [1.54, 1.807) is 17.3 Å². The number of fused-ring (bicyclic) bond motifs is 1. The van der Waals surface area contributed by atoms with Gasteiger partial charge in [-0.05, 0) is 37.0 Å². The number of anilines is 1. The van der Waals surface area contributed by atoms with E-state index in [-0.39, 0.29) is 11.9 Å². The number of amides is 2. The summed E-state index contributed by atoms with van der Waals surface area (Å²) >= 11 is 0. The largest absolute Gasteiger partial charge is 0.387 e. The number of carbonyl (C=O) groups is 1. The van der Waals surface area contributed by atoms with Crippen LogP contribution in [-0.4, -0.2) is 44.3 Å². The monoisotopic (exact) mass is 351 g/mol. The van der Waals surface area contributed by atoms with Crippen molar-refractivity contribution in [1.29, 1.82) is 0 Å². The maximum atomic E-state index is 12.6. The van der Waals surface area contributed by atoms with Crippen LogP contribution >= 0.6 is 0 Å². The van der Waals surface area contributed by atoms with Gasteiger partial charge >= 0.3 is 6.03 Å². The van der Waals surface area contributed by atoms with Gasteiger partial charge in [-0.15, -0.1) is 0 Å². The Morgan fingerprint density at radius 1 is 1.23 bits per heavy atom. The molecule has 3 aromatic rings. The highest BCUT2D eigenvalue weighted by Crippen LogP contribution is 2.30. The van der Waals surface area contributed by atoms with Crippen LogP contribution < -0.4 is 5.32 Å². The Morgan fingerprint density at radius 2 is 2.08 bits per heavy atom. The fourth-order valence-corrected chi connectivity index (χ4v) is 3.48. The first-order valence-corrected chi connectivity index (χ1v) is 8.79. The first-order chi connectivity index (χ1) is 12.7. The Kier molecular flexibility index (Phi) is 4.53. The maximum Gasteiger partial charge on any atom is 0.321 e. The maximum absolute atomic E-state index is 12.6. The molecule has 4 rings (SSSR count). The molecule has 0 saturated carbocycles. The number of carbonyl (C=O) groups excluding carboxylic acids is 1. The van der Waals surface area contributed by atoms with E-state index in [0.717, 1.165) is 29.4 Å². The standard InChI is InChI=1S/C19H21N5O2/c25-18(16-5-1-2-9-20-16)13-7-10-24(11-8-13)19(26)22-15-6-3-4-14-12-21-23-17(14)15/h1-6,9,12-13,18,25H,7-8,10-11H2,(H,21,23)(H,22,26)/t18-/m1/s1. The predicted octanol–water partition coefficient (Wildman–Crippen LogP) is 2.94. The molecule has 3 heterocycles. The second-order valence-electron chi connectivity index (χ2n) is 6.59. The molecule has 3 N–H and O–H groups in total. The highest BCUT2D eigenvalue weighted by molar-refractivity contribution is 5.99. The van der Waals surface area contributed by atoms with Crippen molar-refractivity contribution in [3.05, 3.63) is 54.5 Å². The minimum Gasteiger partial charge on any atom is -0.387 e. The van der Waals surface area contributed by atoms with E-state index < -0.39 is 6.10 Å². The fourth-order valence-electron chi connectivity index (χ4n) is 3.48. The van der Waals surface area contributed by atoms with Gasteiger partial charge in [-0.2, -0.15) is 5.10 Å². The van der Waals surface area contributed by atoms with E-state index in [2.05, 4.69) is 20.5 Å². The third-order valence-electron chi connectivity index (χ3n) is 4.98. The number of nitrogens with one attached hydrogen (secondary N) is 2. The lowest BCUT2D eigenvalue weighted by molar-refractivity contribution is 0.0652. The molecule has 2 aromatic heterocycles. The normalized spacial score (nSPS) is 16.6. The number of aromatic nitrogens is 3. The summed E-state index contributed by atoms with van der Waals surface area (Å²) in [4.78, 5) is 18.6. The number of para-hydroxylation sites is 1. The fraction of sp³-hybridized carbons (Fsp3) is 0.316. The third-order valence-corrected chi connectivity index (χ3v) is 4.98. The summed E-state index contributed by atoms with van der Waals surface area (Å²) in [7, 11) is 0. The van der Waals surface area contributed by atoms with Crippen molar-refractivity contribution in [1.82, 2.24) is 20.1 Å². The Labute approximate surface area is 151 Å². The number of pyridine rings is 1. The van der Waals surface area contributed by atoms with Crippen LogP contribution in [0.1, 0.15) is 24.6 Å². The molecule has 0 aliphatic carbocycles. The van der Waals surface area contributed by atoms with Gasteiger partial charge in [0.25, 0.3) is 0 Å². The number of hydrogen-bond acceptors (Lipinski definition) is 4. The van der Waals surface area contributed by atoms with Gasteiger partial charge < -0.3 is 15.3 Å². The van der Waals surface area contributed by atoms with Gasteiger partial charge in [0, 0.05) is 24.7 Å². The molecular formula is C19H21N5O2. The van der Waals surface area contributed by atoms with Gasteiger partial charge in [0.05, 0.1) is 29.2 Å². The van der Waals surface area contributed by atoms with Crippen molar-refractivity contribution in [2.45, 2.75) is 18.9 Å². The molecule has 1 aromatic carbocycles. The van der Waals surface area contributed by atoms with Crippen LogP contribution in [-0.2, 0) is 0 Å². The lowest BCUT2D eigenvalue weighted by Crippen LogP contribution is -2.42. The molecule has 2 amide bonds. The molecule has 134 valence electrons. The van der Waals surface area contributed by atoms with E-state index >= 15 is 0 Å². The Hall–Kier alpha value is -2.93. The van der Waals surface area contributed by atoms with Crippen molar-refractivity contribution in [2.24, 2.45) is 5.92 Å². The predicted molar refractivity (Wildman–Crippen MR) is 98.6 cm³/mol. The number of H-pyrrole nitrogens is 1. The summed E-state index contributed by atoms with van der Waals surface area (Å²) in [6, 6.07) is 11.1. The van der Waals surface area contributed by atoms with Crippen molar-refractivity contribution in [2.75, 3.05) is 18.4 Å². The van der Waals surface area contributed by atoms with Crippen LogP contribution in [0, 0.1) is 5.92 Å². The number of rotatable bonds is 3. The van der Waals surface area contributed by atoms with E-state index in [4.69, 9.17) is 0 Å². The Balaban J connectivity index is 1.37. The van der Waals surface area contributed by atoms with Gasteiger partial charge in [-0.1, -0.05) is 18.2 Å². The van der Waals surface area contributed by atoms with Crippen LogP contribution in [0.4, 0.5) is 10.5 Å². The van der Waals surface area contributed by atoms with Gasteiger partial charge in [-0.25, -0.2) is 4.79 Å². The molecule has 1 atom stereocenters. The number of nitrogens with zero attached hydrogens (tertiary/aromatic N) is 3. The van der Waals surface area contributed by atoms with Gasteiger partial charge in [0.1, 0.15) is 0 Å². The molecule has 0 bridgehead atoms. The number of piperidine rings is 1. The molecular weight excluding hydrogens is 330 g/mol. The first kappa shape index (κ1) is 16.5. The minimum atomic E-state index is -0.583. The molecule has 7 nitrogen and oxygen atoms in total. The van der Waals surface area contributed by atoms with Gasteiger partial charge in [0.2, 0.25) is 0 Å². The van der Waals surface area contributed by atoms with Crippen LogP contribution in [0.25, 0.3) is 10.9 Å². The van der Waals surface area contributed by atoms with E-state index in [0.29, 0.717) is 18.8 Å². The van der Waals surface area contributed by atoms with E-state index in [9.17, 15) is 9.90 Å². The second kappa shape index (κ2) is 7.13. The second-order valence-corrected chi connectivity index (χ2v) is 6.59. The smallest absolute Gasteiger partial charge is 0.321 e. The summed E-state index contributed by atoms with van der Waals surface area (Å²) in [6.45, 7) is 1.22. The van der Waals surface area contributed by atoms with E-state index in [1.165, 1.54) is 0 Å². The highest BCUT2D eigenvalue weighted by atomic mass is 16.3. The number of likely N-dealkylation sites (tertiary alicyclic amines) is 1.